The minimum atomic E-state index is -0.0242. The maximum absolute atomic E-state index is 12.0. The van der Waals surface area contributed by atoms with Crippen LogP contribution < -0.4 is 0 Å². The van der Waals surface area contributed by atoms with E-state index in [1.165, 1.54) is 64.2 Å². The van der Waals surface area contributed by atoms with E-state index in [1.54, 1.807) is 4.90 Å². The van der Waals surface area contributed by atoms with Crippen LogP contribution in [0.5, 0.6) is 0 Å². The molecule has 1 heterocycles. The minimum absolute atomic E-state index is 0.0242. The molecule has 0 radical (unpaired) electrons. The molecule has 1 aliphatic rings. The lowest BCUT2D eigenvalue weighted by atomic mass is 10.00. The van der Waals surface area contributed by atoms with Gasteiger partial charge in [0.15, 0.2) is 0 Å². The zero-order valence-corrected chi connectivity index (χ0v) is 14.6. The van der Waals surface area contributed by atoms with Crippen molar-refractivity contribution in [3.63, 3.8) is 0 Å². The van der Waals surface area contributed by atoms with Gasteiger partial charge in [0.2, 0.25) is 5.91 Å². The van der Waals surface area contributed by atoms with E-state index in [9.17, 15) is 4.79 Å². The normalized spacial score (nSPS) is 20.9. The van der Waals surface area contributed by atoms with Gasteiger partial charge >= 0.3 is 0 Å². The third-order valence-electron chi connectivity index (χ3n) is 4.22. The Morgan fingerprint density at radius 1 is 0.950 bits per heavy atom. The van der Waals surface area contributed by atoms with Gasteiger partial charge in [0.25, 0.3) is 0 Å². The molecule has 0 saturated carbocycles. The van der Waals surface area contributed by atoms with Crippen molar-refractivity contribution >= 4 is 17.7 Å². The van der Waals surface area contributed by atoms with E-state index in [1.807, 2.05) is 25.9 Å². The summed E-state index contributed by atoms with van der Waals surface area (Å²) in [5.41, 5.74) is 0. The van der Waals surface area contributed by atoms with Crippen LogP contribution in [0.3, 0.4) is 0 Å². The van der Waals surface area contributed by atoms with Crippen LogP contribution >= 0.6 is 11.8 Å². The van der Waals surface area contributed by atoms with Crippen LogP contribution in [-0.4, -0.2) is 35.4 Å². The molecule has 1 amide bonds. The lowest BCUT2D eigenvalue weighted by molar-refractivity contribution is -0.130. The van der Waals surface area contributed by atoms with Crippen molar-refractivity contribution in [1.29, 1.82) is 0 Å². The molecule has 0 aromatic carbocycles. The highest BCUT2D eigenvalue weighted by Gasteiger charge is 2.51. The molecule has 118 valence electrons. The zero-order valence-electron chi connectivity index (χ0n) is 13.7. The first kappa shape index (κ1) is 17.9. The van der Waals surface area contributed by atoms with Crippen LogP contribution in [0, 0.1) is 0 Å². The fraction of sp³-hybridized carbons (Fsp3) is 0.941. The Kier molecular flexibility index (Phi) is 8.67. The molecule has 1 aliphatic heterocycles. The van der Waals surface area contributed by atoms with Gasteiger partial charge in [0.05, 0.1) is 0 Å². The molecule has 0 bridgehead atoms. The van der Waals surface area contributed by atoms with Crippen molar-refractivity contribution in [3.8, 4) is 0 Å². The standard InChI is InChI=1S/C17H33NOS/c1-4-5-6-7-8-9-10-11-12-13-14-17(15-20-17)16(19)18(2)3/h4-15H2,1-3H3. The third-order valence-corrected chi connectivity index (χ3v) is 5.59. The summed E-state index contributed by atoms with van der Waals surface area (Å²) < 4.78 is -0.0242. The van der Waals surface area contributed by atoms with Crippen molar-refractivity contribution in [1.82, 2.24) is 4.90 Å². The molecule has 0 aromatic rings. The maximum atomic E-state index is 12.0. The molecule has 0 N–H and O–H groups in total. The van der Waals surface area contributed by atoms with Gasteiger partial charge in [-0.15, -0.1) is 11.8 Å². The molecule has 20 heavy (non-hydrogen) atoms. The van der Waals surface area contributed by atoms with Crippen LogP contribution in [-0.2, 0) is 4.79 Å². The summed E-state index contributed by atoms with van der Waals surface area (Å²) in [6.45, 7) is 2.27. The predicted octanol–water partition coefficient (Wildman–Crippen LogP) is 4.87. The summed E-state index contributed by atoms with van der Waals surface area (Å²) in [7, 11) is 3.75. The molecular formula is C17H33NOS. The van der Waals surface area contributed by atoms with Crippen molar-refractivity contribution in [2.75, 3.05) is 19.8 Å². The molecule has 0 aromatic heterocycles. The summed E-state index contributed by atoms with van der Waals surface area (Å²) in [4.78, 5) is 13.8. The van der Waals surface area contributed by atoms with Crippen LogP contribution in [0.4, 0.5) is 0 Å². The molecule has 1 atom stereocenters. The van der Waals surface area contributed by atoms with Crippen molar-refractivity contribution in [2.24, 2.45) is 0 Å². The van der Waals surface area contributed by atoms with Gasteiger partial charge in [-0.1, -0.05) is 71.1 Å². The molecular weight excluding hydrogens is 266 g/mol. The lowest BCUT2D eigenvalue weighted by Gasteiger charge is -2.18. The SMILES string of the molecule is CCCCCCCCCCCCC1(C(=O)N(C)C)CS1. The number of carbonyl (C=O) groups excluding carboxylic acids is 1. The van der Waals surface area contributed by atoms with E-state index in [0.717, 1.165) is 12.2 Å². The number of hydrogen-bond acceptors (Lipinski definition) is 2. The first-order chi connectivity index (χ1) is 9.62. The average Bonchev–Trinajstić information content (AvgIpc) is 3.21. The topological polar surface area (TPSA) is 20.3 Å². The van der Waals surface area contributed by atoms with Gasteiger partial charge in [-0.2, -0.15) is 0 Å². The first-order valence-corrected chi connectivity index (χ1v) is 9.46. The third kappa shape index (κ3) is 6.51. The van der Waals surface area contributed by atoms with Crippen LogP contribution in [0.15, 0.2) is 0 Å². The van der Waals surface area contributed by atoms with E-state index in [2.05, 4.69) is 6.92 Å². The Morgan fingerprint density at radius 3 is 1.80 bits per heavy atom. The van der Waals surface area contributed by atoms with E-state index in [-0.39, 0.29) is 4.75 Å². The van der Waals surface area contributed by atoms with Crippen LogP contribution in [0.25, 0.3) is 0 Å². The number of nitrogens with zero attached hydrogens (tertiary/aromatic N) is 1. The highest BCUT2D eigenvalue weighted by atomic mass is 32.2. The molecule has 1 rings (SSSR count). The van der Waals surface area contributed by atoms with E-state index >= 15 is 0 Å². The first-order valence-electron chi connectivity index (χ1n) is 8.48. The minimum Gasteiger partial charge on any atom is -0.348 e. The highest BCUT2D eigenvalue weighted by Crippen LogP contribution is 2.49. The van der Waals surface area contributed by atoms with Crippen molar-refractivity contribution in [3.05, 3.63) is 0 Å². The number of amides is 1. The zero-order chi connectivity index (χ0) is 14.8. The Hall–Kier alpha value is -0.180. The van der Waals surface area contributed by atoms with Gasteiger partial charge in [0, 0.05) is 19.8 Å². The Bertz CT molecular complexity index is 274. The van der Waals surface area contributed by atoms with Gasteiger partial charge in [-0.25, -0.2) is 0 Å². The fourth-order valence-electron chi connectivity index (χ4n) is 2.77. The van der Waals surface area contributed by atoms with Gasteiger partial charge in [-0.3, -0.25) is 4.79 Å². The average molecular weight is 300 g/mol. The summed E-state index contributed by atoms with van der Waals surface area (Å²) in [6.07, 6.45) is 14.8. The monoisotopic (exact) mass is 299 g/mol. The number of unbranched alkanes of at least 4 members (excludes halogenated alkanes) is 9. The number of rotatable bonds is 12. The molecule has 3 heteroatoms. The summed E-state index contributed by atoms with van der Waals surface area (Å²) in [6, 6.07) is 0. The molecule has 1 fully saturated rings. The second kappa shape index (κ2) is 9.70. The summed E-state index contributed by atoms with van der Waals surface area (Å²) >= 11 is 1.84. The molecule has 2 nitrogen and oxygen atoms in total. The van der Waals surface area contributed by atoms with Gasteiger partial charge in [-0.05, 0) is 6.42 Å². The Labute approximate surface area is 130 Å². The van der Waals surface area contributed by atoms with Gasteiger partial charge in [0.1, 0.15) is 4.75 Å². The number of hydrogen-bond donors (Lipinski definition) is 0. The van der Waals surface area contributed by atoms with Crippen molar-refractivity contribution < 1.29 is 4.79 Å². The van der Waals surface area contributed by atoms with E-state index in [0.29, 0.717) is 5.91 Å². The maximum Gasteiger partial charge on any atom is 0.239 e. The van der Waals surface area contributed by atoms with Crippen LogP contribution in [0.1, 0.15) is 77.6 Å². The van der Waals surface area contributed by atoms with E-state index in [4.69, 9.17) is 0 Å². The second-order valence-electron chi connectivity index (χ2n) is 6.41. The molecule has 1 unspecified atom stereocenters. The number of carbonyl (C=O) groups is 1. The number of thioether (sulfide) groups is 1. The summed E-state index contributed by atoms with van der Waals surface area (Å²) in [5, 5.41) is 0. The van der Waals surface area contributed by atoms with Crippen molar-refractivity contribution in [2.45, 2.75) is 82.3 Å². The largest absolute Gasteiger partial charge is 0.348 e. The highest BCUT2D eigenvalue weighted by molar-refractivity contribution is 8.08. The Balaban J connectivity index is 1.91. The van der Waals surface area contributed by atoms with Crippen LogP contribution in [0.2, 0.25) is 0 Å². The second-order valence-corrected chi connectivity index (χ2v) is 7.77. The Morgan fingerprint density at radius 2 is 1.40 bits per heavy atom. The van der Waals surface area contributed by atoms with Gasteiger partial charge < -0.3 is 4.90 Å². The summed E-state index contributed by atoms with van der Waals surface area (Å²) in [5.74, 6) is 1.37. The molecule has 0 aliphatic carbocycles. The quantitative estimate of drug-likeness (QED) is 0.378. The molecule has 1 saturated heterocycles. The lowest BCUT2D eigenvalue weighted by Crippen LogP contribution is -2.35. The molecule has 0 spiro atoms. The fourth-order valence-corrected chi connectivity index (χ4v) is 3.80. The smallest absolute Gasteiger partial charge is 0.239 e. The predicted molar refractivity (Wildman–Crippen MR) is 90.3 cm³/mol. The van der Waals surface area contributed by atoms with E-state index < -0.39 is 0 Å².